The minimum atomic E-state index is -0.248. The van der Waals surface area contributed by atoms with E-state index in [-0.39, 0.29) is 5.91 Å². The van der Waals surface area contributed by atoms with Crippen molar-refractivity contribution < 1.29 is 4.79 Å². The Balaban J connectivity index is 1.47. The van der Waals surface area contributed by atoms with E-state index in [1.54, 1.807) is 28.4 Å². The lowest BCUT2D eigenvalue weighted by atomic mass is 10.2. The molecule has 0 fully saturated rings. The van der Waals surface area contributed by atoms with Crippen LogP contribution < -0.4 is 5.32 Å². The molecular weight excluding hydrogens is 414 g/mol. The molecule has 5 rings (SSSR count). The molecule has 0 aliphatic carbocycles. The Morgan fingerprint density at radius 1 is 0.933 bits per heavy atom. The zero-order chi connectivity index (χ0) is 20.3. The number of carbonyl (C=O) groups is 1. The van der Waals surface area contributed by atoms with Crippen LogP contribution in [0.15, 0.2) is 83.8 Å². The Morgan fingerprint density at radius 3 is 2.57 bits per heavy atom. The molecule has 4 aromatic heterocycles. The van der Waals surface area contributed by atoms with Crippen molar-refractivity contribution in [2.24, 2.45) is 0 Å². The van der Waals surface area contributed by atoms with E-state index in [9.17, 15) is 4.79 Å². The molecule has 0 aliphatic rings. The first-order valence-corrected chi connectivity index (χ1v) is 10.9. The number of amides is 1. The summed E-state index contributed by atoms with van der Waals surface area (Å²) in [5.41, 5.74) is 3.53. The van der Waals surface area contributed by atoms with E-state index in [2.05, 4.69) is 20.4 Å². The lowest BCUT2D eigenvalue weighted by Crippen LogP contribution is -2.12. The van der Waals surface area contributed by atoms with Crippen LogP contribution in [0.2, 0.25) is 0 Å². The van der Waals surface area contributed by atoms with Crippen LogP contribution in [0.1, 0.15) is 10.4 Å². The highest BCUT2D eigenvalue weighted by atomic mass is 32.1. The standard InChI is InChI=1S/C22H15N5OS2/c28-21(25-22-24-18(14-30-22)17-9-4-5-11-23-17)16-13-27(15-7-2-1-3-8-15)26-20(16)19-10-6-12-29-19/h1-14H,(H,24,25,28). The van der Waals surface area contributed by atoms with Crippen LogP contribution in [0.25, 0.3) is 27.6 Å². The Hall–Kier alpha value is -3.62. The Kier molecular flexibility index (Phi) is 4.92. The molecule has 0 bridgehead atoms. The molecule has 30 heavy (non-hydrogen) atoms. The first kappa shape index (κ1) is 18.4. The first-order valence-electron chi connectivity index (χ1n) is 9.15. The van der Waals surface area contributed by atoms with Gasteiger partial charge in [-0.15, -0.1) is 22.7 Å². The molecule has 0 saturated carbocycles. The fraction of sp³-hybridized carbons (Fsp3) is 0. The summed E-state index contributed by atoms with van der Waals surface area (Å²) in [5.74, 6) is -0.248. The summed E-state index contributed by atoms with van der Waals surface area (Å²) in [6.07, 6.45) is 3.48. The Bertz CT molecular complexity index is 1280. The average molecular weight is 430 g/mol. The number of para-hydroxylation sites is 1. The molecule has 4 heterocycles. The van der Waals surface area contributed by atoms with Gasteiger partial charge in [0.1, 0.15) is 11.4 Å². The van der Waals surface area contributed by atoms with Crippen molar-refractivity contribution in [3.8, 4) is 27.6 Å². The minimum Gasteiger partial charge on any atom is -0.298 e. The van der Waals surface area contributed by atoms with Crippen molar-refractivity contribution >= 4 is 33.7 Å². The molecule has 146 valence electrons. The number of pyridine rings is 1. The summed E-state index contributed by atoms with van der Waals surface area (Å²) in [6, 6.07) is 19.3. The lowest BCUT2D eigenvalue weighted by molar-refractivity contribution is 0.102. The molecule has 1 N–H and O–H groups in total. The lowest BCUT2D eigenvalue weighted by Gasteiger charge is -2.01. The quantitative estimate of drug-likeness (QED) is 0.408. The number of benzene rings is 1. The number of nitrogens with one attached hydrogen (secondary N) is 1. The smallest absolute Gasteiger partial charge is 0.261 e. The molecule has 8 heteroatoms. The van der Waals surface area contributed by atoms with Crippen molar-refractivity contribution in [3.05, 3.63) is 89.4 Å². The van der Waals surface area contributed by atoms with Gasteiger partial charge in [-0.3, -0.25) is 15.1 Å². The molecule has 0 saturated heterocycles. The van der Waals surface area contributed by atoms with Crippen molar-refractivity contribution in [1.29, 1.82) is 0 Å². The van der Waals surface area contributed by atoms with Crippen LogP contribution >= 0.6 is 22.7 Å². The highest BCUT2D eigenvalue weighted by Gasteiger charge is 2.20. The van der Waals surface area contributed by atoms with Crippen LogP contribution in [0.5, 0.6) is 0 Å². The summed E-state index contributed by atoms with van der Waals surface area (Å²) in [5, 5.41) is 12.0. The van der Waals surface area contributed by atoms with Crippen LogP contribution in [-0.2, 0) is 0 Å². The molecule has 5 aromatic rings. The van der Waals surface area contributed by atoms with Gasteiger partial charge < -0.3 is 0 Å². The molecule has 6 nitrogen and oxygen atoms in total. The van der Waals surface area contributed by atoms with E-state index in [0.29, 0.717) is 16.4 Å². The number of thiazole rings is 1. The van der Waals surface area contributed by atoms with Gasteiger partial charge in [0.25, 0.3) is 5.91 Å². The largest absolute Gasteiger partial charge is 0.298 e. The van der Waals surface area contributed by atoms with Crippen molar-refractivity contribution in [1.82, 2.24) is 19.7 Å². The monoisotopic (exact) mass is 429 g/mol. The number of aromatic nitrogens is 4. The summed E-state index contributed by atoms with van der Waals surface area (Å²) in [7, 11) is 0. The van der Waals surface area contributed by atoms with E-state index in [0.717, 1.165) is 22.0 Å². The average Bonchev–Trinajstić information content (AvgIpc) is 3.55. The second-order valence-corrected chi connectivity index (χ2v) is 8.16. The van der Waals surface area contributed by atoms with Crippen LogP contribution in [0.3, 0.4) is 0 Å². The maximum Gasteiger partial charge on any atom is 0.261 e. The second kappa shape index (κ2) is 8.02. The van der Waals surface area contributed by atoms with E-state index in [1.165, 1.54) is 11.3 Å². The van der Waals surface area contributed by atoms with Gasteiger partial charge in [-0.05, 0) is 35.7 Å². The molecule has 0 spiro atoms. The van der Waals surface area contributed by atoms with Gasteiger partial charge in [-0.2, -0.15) is 5.10 Å². The van der Waals surface area contributed by atoms with Crippen molar-refractivity contribution in [3.63, 3.8) is 0 Å². The zero-order valence-corrected chi connectivity index (χ0v) is 17.2. The predicted octanol–water partition coefficient (Wildman–Crippen LogP) is 5.37. The number of anilines is 1. The Labute approximate surface area is 180 Å². The molecule has 0 radical (unpaired) electrons. The maximum atomic E-state index is 13.1. The highest BCUT2D eigenvalue weighted by Crippen LogP contribution is 2.29. The van der Waals surface area contributed by atoms with Crippen molar-refractivity contribution in [2.45, 2.75) is 0 Å². The summed E-state index contributed by atoms with van der Waals surface area (Å²) < 4.78 is 1.73. The topological polar surface area (TPSA) is 72.7 Å². The van der Waals surface area contributed by atoms with Gasteiger partial charge in [0, 0.05) is 17.8 Å². The van der Waals surface area contributed by atoms with Crippen molar-refractivity contribution in [2.75, 3.05) is 5.32 Å². The van der Waals surface area contributed by atoms with Crippen LogP contribution in [0, 0.1) is 0 Å². The zero-order valence-electron chi connectivity index (χ0n) is 15.6. The second-order valence-electron chi connectivity index (χ2n) is 6.36. The fourth-order valence-electron chi connectivity index (χ4n) is 2.98. The highest BCUT2D eigenvalue weighted by molar-refractivity contribution is 7.14. The number of nitrogens with zero attached hydrogens (tertiary/aromatic N) is 4. The Morgan fingerprint density at radius 2 is 1.80 bits per heavy atom. The van der Waals surface area contributed by atoms with E-state index in [4.69, 9.17) is 0 Å². The molecule has 0 unspecified atom stereocenters. The van der Waals surface area contributed by atoms with E-state index >= 15 is 0 Å². The molecular formula is C22H15N5OS2. The number of thiophene rings is 1. The van der Waals surface area contributed by atoms with Gasteiger partial charge in [0.2, 0.25) is 0 Å². The SMILES string of the molecule is O=C(Nc1nc(-c2ccccn2)cs1)c1cn(-c2ccccc2)nc1-c1cccs1. The maximum absolute atomic E-state index is 13.1. The van der Waals surface area contributed by atoms with Gasteiger partial charge in [0.15, 0.2) is 5.13 Å². The molecule has 0 aliphatic heterocycles. The molecule has 1 aromatic carbocycles. The first-order chi connectivity index (χ1) is 14.8. The molecule has 1 amide bonds. The van der Waals surface area contributed by atoms with Gasteiger partial charge in [-0.1, -0.05) is 30.3 Å². The summed E-state index contributed by atoms with van der Waals surface area (Å²) in [4.78, 5) is 22.9. The number of hydrogen-bond donors (Lipinski definition) is 1. The third-order valence-electron chi connectivity index (χ3n) is 4.39. The fourth-order valence-corrected chi connectivity index (χ4v) is 4.40. The third kappa shape index (κ3) is 3.66. The van der Waals surface area contributed by atoms with E-state index in [1.807, 2.05) is 71.4 Å². The number of rotatable bonds is 5. The molecule has 0 atom stereocenters. The third-order valence-corrected chi connectivity index (χ3v) is 6.02. The van der Waals surface area contributed by atoms with Gasteiger partial charge in [0.05, 0.1) is 21.8 Å². The minimum absolute atomic E-state index is 0.248. The van der Waals surface area contributed by atoms with Gasteiger partial charge in [-0.25, -0.2) is 9.67 Å². The van der Waals surface area contributed by atoms with Crippen LogP contribution in [-0.4, -0.2) is 25.7 Å². The van der Waals surface area contributed by atoms with Gasteiger partial charge >= 0.3 is 0 Å². The van der Waals surface area contributed by atoms with Crippen LogP contribution in [0.4, 0.5) is 5.13 Å². The van der Waals surface area contributed by atoms with E-state index < -0.39 is 0 Å². The normalized spacial score (nSPS) is 10.8. The number of hydrogen-bond acceptors (Lipinski definition) is 6. The summed E-state index contributed by atoms with van der Waals surface area (Å²) >= 11 is 2.91. The predicted molar refractivity (Wildman–Crippen MR) is 120 cm³/mol. The summed E-state index contributed by atoms with van der Waals surface area (Å²) in [6.45, 7) is 0. The number of carbonyl (C=O) groups excluding carboxylic acids is 1.